The van der Waals surface area contributed by atoms with E-state index < -0.39 is 26.0 Å². The normalized spacial score (nSPS) is 17.9. The number of nitrogens with one attached hydrogen (secondary N) is 2. The Balaban J connectivity index is 1.86. The summed E-state index contributed by atoms with van der Waals surface area (Å²) >= 11 is 0. The lowest BCUT2D eigenvalue weighted by Crippen LogP contribution is -2.40. The monoisotopic (exact) mass is 426 g/mol. The molecule has 2 aliphatic rings. The van der Waals surface area contributed by atoms with Gasteiger partial charge in [-0.3, -0.25) is 9.52 Å². The maximum atomic E-state index is 12.7. The van der Waals surface area contributed by atoms with Gasteiger partial charge in [-0.05, 0) is 24.3 Å². The summed E-state index contributed by atoms with van der Waals surface area (Å²) in [5.41, 5.74) is 0.655. The third-order valence-electron chi connectivity index (χ3n) is 3.86. The number of benzene rings is 1. The van der Waals surface area contributed by atoms with Gasteiger partial charge in [-0.25, -0.2) is 16.8 Å². The van der Waals surface area contributed by atoms with Crippen LogP contribution in [-0.2, 0) is 24.8 Å². The van der Waals surface area contributed by atoms with Crippen molar-refractivity contribution in [3.8, 4) is 5.75 Å². The molecule has 0 aliphatic carbocycles. The SMILES string of the molecule is COc1cc(NC(=O)C2=CC=CN3CCS(=O)(=O)N=C23)ccc1NS(C)(=O)=O. The number of ether oxygens (including phenoxy) is 1. The highest BCUT2D eigenvalue weighted by molar-refractivity contribution is 7.92. The summed E-state index contributed by atoms with van der Waals surface area (Å²) in [5, 5.41) is 2.64. The van der Waals surface area contributed by atoms with Gasteiger partial charge in [-0.1, -0.05) is 0 Å². The molecule has 0 unspecified atom stereocenters. The predicted molar refractivity (Wildman–Crippen MR) is 105 cm³/mol. The number of hydrogen-bond donors (Lipinski definition) is 2. The van der Waals surface area contributed by atoms with Crippen molar-refractivity contribution in [3.63, 3.8) is 0 Å². The molecule has 12 heteroatoms. The number of methoxy groups -OCH3 is 1. The van der Waals surface area contributed by atoms with Gasteiger partial charge in [0.05, 0.1) is 30.4 Å². The summed E-state index contributed by atoms with van der Waals surface area (Å²) < 4.78 is 57.6. The van der Waals surface area contributed by atoms with E-state index in [4.69, 9.17) is 4.74 Å². The van der Waals surface area contributed by atoms with E-state index in [0.29, 0.717) is 5.69 Å². The maximum Gasteiger partial charge on any atom is 0.259 e. The van der Waals surface area contributed by atoms with E-state index in [2.05, 4.69) is 14.4 Å². The summed E-state index contributed by atoms with van der Waals surface area (Å²) in [6, 6.07) is 4.38. The Hall–Kier alpha value is -2.86. The Morgan fingerprint density at radius 1 is 1.32 bits per heavy atom. The molecule has 0 saturated carbocycles. The number of fused-ring (bicyclic) bond motifs is 1. The number of hydrogen-bond acceptors (Lipinski definition) is 7. The van der Waals surface area contributed by atoms with Crippen LogP contribution in [0, 0.1) is 0 Å². The third-order valence-corrected chi connectivity index (χ3v) is 5.60. The fraction of sp³-hybridized carbons (Fsp3) is 0.250. The van der Waals surface area contributed by atoms with Crippen LogP contribution in [0.1, 0.15) is 0 Å². The molecular formula is C16H18N4O6S2. The maximum absolute atomic E-state index is 12.7. The quantitative estimate of drug-likeness (QED) is 0.700. The summed E-state index contributed by atoms with van der Waals surface area (Å²) in [7, 11) is -5.76. The Bertz CT molecular complexity index is 1120. The van der Waals surface area contributed by atoms with Crippen molar-refractivity contribution >= 4 is 43.2 Å². The highest BCUT2D eigenvalue weighted by Gasteiger charge is 2.30. The molecule has 0 atom stereocenters. The first-order valence-electron chi connectivity index (χ1n) is 8.03. The number of sulfonamides is 2. The topological polar surface area (TPSA) is 134 Å². The molecule has 1 aromatic rings. The third kappa shape index (κ3) is 4.51. The van der Waals surface area contributed by atoms with Gasteiger partial charge in [0.1, 0.15) is 5.75 Å². The van der Waals surface area contributed by atoms with E-state index in [1.165, 1.54) is 31.4 Å². The minimum Gasteiger partial charge on any atom is -0.494 e. The molecule has 0 saturated heterocycles. The highest BCUT2D eigenvalue weighted by Crippen LogP contribution is 2.29. The Kier molecular flexibility index (Phi) is 5.17. The summed E-state index contributed by atoms with van der Waals surface area (Å²) in [6.07, 6.45) is 5.77. The molecule has 2 aliphatic heterocycles. The number of carbonyl (C=O) groups excluding carboxylic acids is 1. The van der Waals surface area contributed by atoms with Crippen molar-refractivity contribution in [2.75, 3.05) is 35.7 Å². The van der Waals surface area contributed by atoms with Gasteiger partial charge in [0.2, 0.25) is 10.0 Å². The van der Waals surface area contributed by atoms with E-state index in [0.717, 1.165) is 6.26 Å². The van der Waals surface area contributed by atoms with Crippen LogP contribution in [0.3, 0.4) is 0 Å². The molecule has 0 fully saturated rings. The first kappa shape index (κ1) is 19.9. The van der Waals surface area contributed by atoms with Crippen molar-refractivity contribution < 1.29 is 26.4 Å². The molecule has 150 valence electrons. The minimum atomic E-state index is -3.62. The van der Waals surface area contributed by atoms with Gasteiger partial charge in [0.25, 0.3) is 15.9 Å². The van der Waals surface area contributed by atoms with E-state index in [1.54, 1.807) is 17.2 Å². The number of rotatable bonds is 5. The molecule has 3 rings (SSSR count). The summed E-state index contributed by atoms with van der Waals surface area (Å²) in [6.45, 7) is 0.210. The van der Waals surface area contributed by atoms with Gasteiger partial charge in [-0.15, -0.1) is 4.40 Å². The highest BCUT2D eigenvalue weighted by atomic mass is 32.2. The molecule has 0 bridgehead atoms. The molecule has 10 nitrogen and oxygen atoms in total. The lowest BCUT2D eigenvalue weighted by molar-refractivity contribution is -0.112. The van der Waals surface area contributed by atoms with Crippen LogP contribution in [0.15, 0.2) is 46.5 Å². The zero-order valence-electron chi connectivity index (χ0n) is 15.0. The zero-order chi connectivity index (χ0) is 20.5. The van der Waals surface area contributed by atoms with Crippen molar-refractivity contribution in [3.05, 3.63) is 42.1 Å². The zero-order valence-corrected chi connectivity index (χ0v) is 16.7. The first-order valence-corrected chi connectivity index (χ1v) is 11.5. The summed E-state index contributed by atoms with van der Waals surface area (Å²) in [4.78, 5) is 14.3. The first-order chi connectivity index (χ1) is 13.1. The average molecular weight is 426 g/mol. The molecule has 0 aromatic heterocycles. The Morgan fingerprint density at radius 2 is 2.07 bits per heavy atom. The Labute approximate surface area is 162 Å². The van der Waals surface area contributed by atoms with Gasteiger partial charge >= 0.3 is 0 Å². The van der Waals surface area contributed by atoms with Gasteiger partial charge in [-0.2, -0.15) is 0 Å². The lowest BCUT2D eigenvalue weighted by Gasteiger charge is -2.28. The van der Waals surface area contributed by atoms with Gasteiger partial charge in [0.15, 0.2) is 5.84 Å². The fourth-order valence-electron chi connectivity index (χ4n) is 2.64. The molecule has 2 N–H and O–H groups in total. The second-order valence-electron chi connectivity index (χ2n) is 6.06. The summed E-state index contributed by atoms with van der Waals surface area (Å²) in [5.74, 6) is -0.411. The van der Waals surface area contributed by atoms with Crippen LogP contribution in [0.4, 0.5) is 11.4 Å². The van der Waals surface area contributed by atoms with Crippen LogP contribution < -0.4 is 14.8 Å². The van der Waals surface area contributed by atoms with Crippen molar-refractivity contribution in [2.24, 2.45) is 4.40 Å². The van der Waals surface area contributed by atoms with Crippen molar-refractivity contribution in [1.82, 2.24) is 4.90 Å². The van der Waals surface area contributed by atoms with Crippen LogP contribution in [0.25, 0.3) is 0 Å². The number of carbonyl (C=O) groups is 1. The molecule has 0 radical (unpaired) electrons. The number of allylic oxidation sites excluding steroid dienone is 2. The Morgan fingerprint density at radius 3 is 2.75 bits per heavy atom. The predicted octanol–water partition coefficient (Wildman–Crippen LogP) is 0.503. The van der Waals surface area contributed by atoms with Crippen LogP contribution in [0.5, 0.6) is 5.75 Å². The molecule has 2 heterocycles. The van der Waals surface area contributed by atoms with E-state index >= 15 is 0 Å². The molecule has 0 spiro atoms. The van der Waals surface area contributed by atoms with E-state index in [1.807, 2.05) is 0 Å². The van der Waals surface area contributed by atoms with Gasteiger partial charge < -0.3 is 15.0 Å². The fourth-order valence-corrected chi connectivity index (χ4v) is 4.20. The number of nitrogens with zero attached hydrogens (tertiary/aromatic N) is 2. The van der Waals surface area contributed by atoms with E-state index in [9.17, 15) is 21.6 Å². The van der Waals surface area contributed by atoms with Crippen molar-refractivity contribution in [2.45, 2.75) is 0 Å². The molecule has 1 amide bonds. The van der Waals surface area contributed by atoms with Crippen molar-refractivity contribution in [1.29, 1.82) is 0 Å². The van der Waals surface area contributed by atoms with Crippen LogP contribution >= 0.6 is 0 Å². The lowest BCUT2D eigenvalue weighted by atomic mass is 10.1. The molecule has 28 heavy (non-hydrogen) atoms. The average Bonchev–Trinajstić information content (AvgIpc) is 2.60. The number of amides is 1. The minimum absolute atomic E-state index is 0.0635. The second-order valence-corrected chi connectivity index (χ2v) is 9.56. The van der Waals surface area contributed by atoms with Gasteiger partial charge in [0, 0.05) is 24.5 Å². The number of amidine groups is 1. The standard InChI is InChI=1S/C16H18N4O6S2/c1-26-14-10-11(5-6-13(14)18-27(2,22)23)17-16(21)12-4-3-7-20-8-9-28(24,25)19-15(12)20/h3-7,10,18H,8-9H2,1-2H3,(H,17,21). The molecule has 1 aromatic carbocycles. The van der Waals surface area contributed by atoms with E-state index in [-0.39, 0.29) is 35.1 Å². The second kappa shape index (κ2) is 7.28. The van der Waals surface area contributed by atoms with Crippen LogP contribution in [0.2, 0.25) is 0 Å². The smallest absolute Gasteiger partial charge is 0.259 e. The number of anilines is 2. The largest absolute Gasteiger partial charge is 0.494 e. The van der Waals surface area contributed by atoms with Crippen LogP contribution in [-0.4, -0.2) is 59.1 Å². The molecular weight excluding hydrogens is 408 g/mol.